The van der Waals surface area contributed by atoms with Crippen LogP contribution in [-0.4, -0.2) is 38.8 Å². The molecule has 2 aliphatic rings. The summed E-state index contributed by atoms with van der Waals surface area (Å²) in [6.07, 6.45) is 9.46. The van der Waals surface area contributed by atoms with Gasteiger partial charge < -0.3 is 15.4 Å². The van der Waals surface area contributed by atoms with E-state index in [0.29, 0.717) is 0 Å². The Bertz CT molecular complexity index is 603. The minimum atomic E-state index is 0.215. The van der Waals surface area contributed by atoms with E-state index in [2.05, 4.69) is 54.0 Å². The molecule has 1 aliphatic heterocycles. The third-order valence-electron chi connectivity index (χ3n) is 5.63. The fraction of sp³-hybridized carbons (Fsp3) is 0.591. The van der Waals surface area contributed by atoms with E-state index in [1.165, 1.54) is 36.8 Å². The van der Waals surface area contributed by atoms with Gasteiger partial charge in [-0.15, -0.1) is 0 Å². The number of ether oxygens (including phenoxy) is 1. The Morgan fingerprint density at radius 1 is 1.15 bits per heavy atom. The molecule has 0 unspecified atom stereocenters. The van der Waals surface area contributed by atoms with Crippen molar-refractivity contribution in [2.24, 2.45) is 4.99 Å². The summed E-state index contributed by atoms with van der Waals surface area (Å²) >= 11 is 0. The largest absolute Gasteiger partial charge is 0.377 e. The van der Waals surface area contributed by atoms with Crippen LogP contribution in [-0.2, 0) is 10.2 Å². The third kappa shape index (κ3) is 5.10. The molecule has 1 aromatic carbocycles. The van der Waals surface area contributed by atoms with E-state index in [1.54, 1.807) is 0 Å². The van der Waals surface area contributed by atoms with E-state index < -0.39 is 0 Å². The highest BCUT2D eigenvalue weighted by Gasteiger charge is 2.35. The van der Waals surface area contributed by atoms with Gasteiger partial charge in [0.25, 0.3) is 0 Å². The SMILES string of the molecule is CCNC(=NCC1(c2ccccc2)CCCC1)NCCC1=CCOCC1. The molecule has 0 amide bonds. The molecule has 0 bridgehead atoms. The van der Waals surface area contributed by atoms with Crippen molar-refractivity contribution in [3.8, 4) is 0 Å². The molecule has 1 fully saturated rings. The minimum Gasteiger partial charge on any atom is -0.377 e. The van der Waals surface area contributed by atoms with Crippen molar-refractivity contribution in [1.82, 2.24) is 10.6 Å². The van der Waals surface area contributed by atoms with Crippen LogP contribution in [0.5, 0.6) is 0 Å². The standard InChI is InChI=1S/C22H33N3O/c1-2-23-21(24-15-10-19-11-16-26-17-12-19)25-18-22(13-6-7-14-22)20-8-4-3-5-9-20/h3-5,8-9,11H,2,6-7,10,12-18H2,1H3,(H2,23,24,25). The monoisotopic (exact) mass is 355 g/mol. The number of rotatable bonds is 7. The average molecular weight is 356 g/mol. The Morgan fingerprint density at radius 2 is 1.96 bits per heavy atom. The van der Waals surface area contributed by atoms with Crippen molar-refractivity contribution in [1.29, 1.82) is 0 Å². The fourth-order valence-corrected chi connectivity index (χ4v) is 4.09. The Balaban J connectivity index is 1.60. The van der Waals surface area contributed by atoms with Crippen LogP contribution in [0.1, 0.15) is 51.0 Å². The molecule has 0 atom stereocenters. The summed E-state index contributed by atoms with van der Waals surface area (Å²) < 4.78 is 5.38. The summed E-state index contributed by atoms with van der Waals surface area (Å²) in [7, 11) is 0. The highest BCUT2D eigenvalue weighted by atomic mass is 16.5. The molecule has 1 heterocycles. The molecule has 1 aromatic rings. The van der Waals surface area contributed by atoms with Gasteiger partial charge in [0.1, 0.15) is 0 Å². The smallest absolute Gasteiger partial charge is 0.191 e. The van der Waals surface area contributed by atoms with Crippen molar-refractivity contribution >= 4 is 5.96 Å². The zero-order valence-corrected chi connectivity index (χ0v) is 16.1. The van der Waals surface area contributed by atoms with Crippen LogP contribution in [0.2, 0.25) is 0 Å². The van der Waals surface area contributed by atoms with E-state index in [1.807, 2.05) is 0 Å². The van der Waals surface area contributed by atoms with Crippen LogP contribution < -0.4 is 10.6 Å². The van der Waals surface area contributed by atoms with Crippen molar-refractivity contribution in [3.05, 3.63) is 47.5 Å². The van der Waals surface area contributed by atoms with Crippen molar-refractivity contribution in [2.45, 2.75) is 50.9 Å². The number of nitrogens with one attached hydrogen (secondary N) is 2. The number of guanidine groups is 1. The molecule has 4 heteroatoms. The first kappa shape index (κ1) is 19.0. The molecular formula is C22H33N3O. The van der Waals surface area contributed by atoms with Gasteiger partial charge in [0.05, 0.1) is 19.8 Å². The normalized spacial score (nSPS) is 19.9. The summed E-state index contributed by atoms with van der Waals surface area (Å²) in [5, 5.41) is 6.93. The van der Waals surface area contributed by atoms with E-state index in [9.17, 15) is 0 Å². The van der Waals surface area contributed by atoms with Crippen molar-refractivity contribution in [2.75, 3.05) is 32.8 Å². The summed E-state index contributed by atoms with van der Waals surface area (Å²) in [4.78, 5) is 4.98. The van der Waals surface area contributed by atoms with Gasteiger partial charge in [0.15, 0.2) is 5.96 Å². The van der Waals surface area contributed by atoms with Gasteiger partial charge in [-0.25, -0.2) is 0 Å². The summed E-state index contributed by atoms with van der Waals surface area (Å²) in [6.45, 7) is 6.43. The van der Waals surface area contributed by atoms with Gasteiger partial charge in [0, 0.05) is 18.5 Å². The number of aliphatic imine (C=N–C) groups is 1. The molecule has 0 spiro atoms. The van der Waals surface area contributed by atoms with Crippen molar-refractivity contribution < 1.29 is 4.74 Å². The zero-order valence-electron chi connectivity index (χ0n) is 16.1. The molecule has 0 aromatic heterocycles. The maximum Gasteiger partial charge on any atom is 0.191 e. The zero-order chi connectivity index (χ0) is 18.1. The van der Waals surface area contributed by atoms with Gasteiger partial charge in [0.2, 0.25) is 0 Å². The van der Waals surface area contributed by atoms with Crippen molar-refractivity contribution in [3.63, 3.8) is 0 Å². The summed E-state index contributed by atoms with van der Waals surface area (Å²) in [6, 6.07) is 11.0. The minimum absolute atomic E-state index is 0.215. The second-order valence-electron chi connectivity index (χ2n) is 7.41. The lowest BCUT2D eigenvalue weighted by Crippen LogP contribution is -2.39. The molecule has 1 aliphatic carbocycles. The van der Waals surface area contributed by atoms with Gasteiger partial charge in [-0.2, -0.15) is 0 Å². The van der Waals surface area contributed by atoms with Crippen LogP contribution in [0.3, 0.4) is 0 Å². The topological polar surface area (TPSA) is 45.7 Å². The number of hydrogen-bond donors (Lipinski definition) is 2. The van der Waals surface area contributed by atoms with Crippen LogP contribution in [0, 0.1) is 0 Å². The van der Waals surface area contributed by atoms with Crippen LogP contribution in [0.4, 0.5) is 0 Å². The highest BCUT2D eigenvalue weighted by Crippen LogP contribution is 2.41. The van der Waals surface area contributed by atoms with Gasteiger partial charge >= 0.3 is 0 Å². The Labute approximate surface area is 158 Å². The van der Waals surface area contributed by atoms with Crippen LogP contribution in [0.25, 0.3) is 0 Å². The lowest BCUT2D eigenvalue weighted by Gasteiger charge is -2.28. The molecular weight excluding hydrogens is 322 g/mol. The van der Waals surface area contributed by atoms with Crippen LogP contribution >= 0.6 is 0 Å². The lowest BCUT2D eigenvalue weighted by atomic mass is 9.79. The lowest BCUT2D eigenvalue weighted by molar-refractivity contribution is 0.153. The Morgan fingerprint density at radius 3 is 2.65 bits per heavy atom. The van der Waals surface area contributed by atoms with E-state index in [0.717, 1.165) is 51.6 Å². The summed E-state index contributed by atoms with van der Waals surface area (Å²) in [5.74, 6) is 0.947. The van der Waals surface area contributed by atoms with Gasteiger partial charge in [-0.1, -0.05) is 54.8 Å². The quantitative estimate of drug-likeness (QED) is 0.444. The fourth-order valence-electron chi connectivity index (χ4n) is 4.09. The predicted octanol–water partition coefficient (Wildman–Crippen LogP) is 3.79. The summed E-state index contributed by atoms with van der Waals surface area (Å²) in [5.41, 5.74) is 3.16. The molecule has 4 nitrogen and oxygen atoms in total. The Hall–Kier alpha value is -1.81. The van der Waals surface area contributed by atoms with Gasteiger partial charge in [-0.05, 0) is 38.2 Å². The highest BCUT2D eigenvalue weighted by molar-refractivity contribution is 5.79. The molecule has 3 rings (SSSR count). The Kier molecular flexibility index (Phi) is 7.13. The maximum atomic E-state index is 5.38. The second kappa shape index (κ2) is 9.77. The molecule has 0 radical (unpaired) electrons. The number of nitrogens with zero attached hydrogens (tertiary/aromatic N) is 1. The first-order valence-electron chi connectivity index (χ1n) is 10.2. The number of benzene rings is 1. The van der Waals surface area contributed by atoms with Crippen LogP contribution in [0.15, 0.2) is 47.0 Å². The molecule has 0 saturated heterocycles. The molecule has 2 N–H and O–H groups in total. The van der Waals surface area contributed by atoms with Gasteiger partial charge in [-0.3, -0.25) is 4.99 Å². The van der Waals surface area contributed by atoms with E-state index >= 15 is 0 Å². The maximum absolute atomic E-state index is 5.38. The first-order valence-corrected chi connectivity index (χ1v) is 10.2. The second-order valence-corrected chi connectivity index (χ2v) is 7.41. The average Bonchev–Trinajstić information content (AvgIpc) is 3.18. The molecule has 1 saturated carbocycles. The molecule has 142 valence electrons. The van der Waals surface area contributed by atoms with E-state index in [-0.39, 0.29) is 5.41 Å². The predicted molar refractivity (Wildman–Crippen MR) is 109 cm³/mol. The third-order valence-corrected chi connectivity index (χ3v) is 5.63. The number of hydrogen-bond acceptors (Lipinski definition) is 2. The molecule has 26 heavy (non-hydrogen) atoms. The first-order chi connectivity index (χ1) is 12.8. The van der Waals surface area contributed by atoms with E-state index in [4.69, 9.17) is 9.73 Å².